The highest BCUT2D eigenvalue weighted by Gasteiger charge is 2.63. The molecule has 3 saturated heterocycles. The maximum absolute atomic E-state index is 14.1. The molecule has 7 aliphatic rings. The number of rotatable bonds is 8. The second-order valence-corrected chi connectivity index (χ2v) is 14.6. The van der Waals surface area contributed by atoms with E-state index in [0.717, 1.165) is 41.6 Å². The van der Waals surface area contributed by atoms with Crippen LogP contribution in [0.4, 0.5) is 5.82 Å². The lowest BCUT2D eigenvalue weighted by molar-refractivity contribution is -0.151. The van der Waals surface area contributed by atoms with E-state index in [9.17, 15) is 24.6 Å². The van der Waals surface area contributed by atoms with E-state index < -0.39 is 23.8 Å². The lowest BCUT2D eigenvalue weighted by atomic mass is 9.73. The lowest BCUT2D eigenvalue weighted by Gasteiger charge is -2.58. The van der Waals surface area contributed by atoms with Crippen LogP contribution < -0.4 is 10.9 Å². The Morgan fingerprint density at radius 1 is 0.907 bits per heavy atom. The van der Waals surface area contributed by atoms with E-state index in [1.54, 1.807) is 0 Å². The van der Waals surface area contributed by atoms with Gasteiger partial charge in [0.05, 0.1) is 22.9 Å². The number of benzene rings is 1. The third kappa shape index (κ3) is 4.42. The summed E-state index contributed by atoms with van der Waals surface area (Å²) in [6.07, 6.45) is 12.9. The zero-order valence-corrected chi connectivity index (χ0v) is 24.7. The predicted molar refractivity (Wildman–Crippen MR) is 161 cm³/mol. The number of carboxylic acids is 2. The first-order valence-electron chi connectivity index (χ1n) is 16.5. The molecule has 10 heteroatoms. The molecule has 0 radical (unpaired) electrons. The van der Waals surface area contributed by atoms with Gasteiger partial charge < -0.3 is 20.1 Å². The zero-order valence-electron chi connectivity index (χ0n) is 24.7. The Kier molecular flexibility index (Phi) is 6.60. The number of likely N-dealkylation sites (tertiary alicyclic amines) is 1. The summed E-state index contributed by atoms with van der Waals surface area (Å²) in [6.45, 7) is 1.20. The van der Waals surface area contributed by atoms with Crippen molar-refractivity contribution in [2.24, 2.45) is 29.6 Å². The molecular formula is C33H43N5O5. The molecule has 4 heterocycles. The summed E-state index contributed by atoms with van der Waals surface area (Å²) in [6, 6.07) is 9.13. The highest BCUT2D eigenvalue weighted by atomic mass is 16.4. The predicted octanol–water partition coefficient (Wildman–Crippen LogP) is 3.66. The molecule has 43 heavy (non-hydrogen) atoms. The molecule has 10 nitrogen and oxygen atoms in total. The molecule has 0 spiro atoms. The summed E-state index contributed by atoms with van der Waals surface area (Å²) < 4.78 is 2.03. The second kappa shape index (κ2) is 10.3. The number of carboxylic acid groups (broad SMARTS) is 2. The van der Waals surface area contributed by atoms with E-state index in [4.69, 9.17) is 4.98 Å². The quantitative estimate of drug-likeness (QED) is 0.423. The number of nitrogens with zero attached hydrogens (tertiary/aromatic N) is 4. The minimum Gasteiger partial charge on any atom is -0.481 e. The number of nitrogens with one attached hydrogen (secondary N) is 1. The Balaban J connectivity index is 1.04. The molecule has 1 aromatic heterocycles. The van der Waals surface area contributed by atoms with Gasteiger partial charge in [-0.15, -0.1) is 0 Å². The van der Waals surface area contributed by atoms with Gasteiger partial charge in [-0.2, -0.15) is 0 Å². The van der Waals surface area contributed by atoms with Crippen LogP contribution in [0.1, 0.15) is 70.3 Å². The summed E-state index contributed by atoms with van der Waals surface area (Å²) in [5, 5.41) is 22.2. The molecule has 7 fully saturated rings. The number of anilines is 1. The van der Waals surface area contributed by atoms with Gasteiger partial charge in [-0.1, -0.05) is 18.6 Å². The average molecular weight is 590 g/mol. The summed E-state index contributed by atoms with van der Waals surface area (Å²) in [5.74, 6) is -0.940. The molecule has 6 bridgehead atoms. The van der Waals surface area contributed by atoms with E-state index in [1.165, 1.54) is 51.4 Å². The highest BCUT2D eigenvalue weighted by molar-refractivity contribution is 5.81. The van der Waals surface area contributed by atoms with Gasteiger partial charge in [-0.05, 0) is 87.7 Å². The van der Waals surface area contributed by atoms with Crippen molar-refractivity contribution in [3.8, 4) is 0 Å². The summed E-state index contributed by atoms with van der Waals surface area (Å²) >= 11 is 0. The number of hydrogen-bond donors (Lipinski definition) is 3. The van der Waals surface area contributed by atoms with Crippen molar-refractivity contribution in [3.05, 3.63) is 34.6 Å². The molecule has 0 amide bonds. The first-order valence-corrected chi connectivity index (χ1v) is 16.5. The molecule has 4 saturated carbocycles. The van der Waals surface area contributed by atoms with Crippen LogP contribution in [0.25, 0.3) is 11.0 Å². The van der Waals surface area contributed by atoms with Gasteiger partial charge >= 0.3 is 11.9 Å². The average Bonchev–Trinajstić information content (AvgIpc) is 3.59. The molecule has 4 aliphatic carbocycles. The van der Waals surface area contributed by atoms with E-state index >= 15 is 0 Å². The van der Waals surface area contributed by atoms with Crippen LogP contribution in [0.3, 0.4) is 0 Å². The van der Waals surface area contributed by atoms with Crippen LogP contribution in [-0.2, 0) is 9.59 Å². The van der Waals surface area contributed by atoms with E-state index in [2.05, 4.69) is 10.2 Å². The third-order valence-electron chi connectivity index (χ3n) is 12.3. The Morgan fingerprint density at radius 3 is 2.21 bits per heavy atom. The fourth-order valence-corrected chi connectivity index (χ4v) is 11.0. The first-order chi connectivity index (χ1) is 20.8. The van der Waals surface area contributed by atoms with Crippen LogP contribution >= 0.6 is 0 Å². The summed E-state index contributed by atoms with van der Waals surface area (Å²) in [5.41, 5.74) is 2.01. The molecule has 1 aromatic carbocycles. The molecule has 3 aliphatic heterocycles. The Hall–Kier alpha value is -2.98. The molecule has 3 N–H and O–H groups in total. The number of para-hydroxylation sites is 2. The van der Waals surface area contributed by atoms with Gasteiger partial charge in [0.2, 0.25) is 0 Å². The van der Waals surface area contributed by atoms with Crippen LogP contribution in [0, 0.1) is 29.6 Å². The van der Waals surface area contributed by atoms with Gasteiger partial charge in [-0.25, -0.2) is 4.98 Å². The molecule has 9 rings (SSSR count). The number of carbonyl (C=O) groups is 2. The summed E-state index contributed by atoms with van der Waals surface area (Å²) in [7, 11) is 0. The topological polar surface area (TPSA) is 128 Å². The maximum Gasteiger partial charge on any atom is 0.308 e. The second-order valence-electron chi connectivity index (χ2n) is 14.6. The Morgan fingerprint density at radius 2 is 1.56 bits per heavy atom. The van der Waals surface area contributed by atoms with Gasteiger partial charge in [0.1, 0.15) is 0 Å². The number of hydrogen-bond acceptors (Lipinski definition) is 7. The van der Waals surface area contributed by atoms with Crippen molar-refractivity contribution < 1.29 is 19.8 Å². The highest BCUT2D eigenvalue weighted by Crippen LogP contribution is 2.65. The molecule has 230 valence electrons. The van der Waals surface area contributed by atoms with Crippen LogP contribution in [-0.4, -0.2) is 85.3 Å². The fraction of sp³-hybridized carbons (Fsp3) is 0.697. The Labute approximate surface area is 251 Å². The molecular weight excluding hydrogens is 546 g/mol. The monoisotopic (exact) mass is 589 g/mol. The summed E-state index contributed by atoms with van der Waals surface area (Å²) in [4.78, 5) is 46.9. The normalized spacial score (nSPS) is 38.6. The molecule has 3 unspecified atom stereocenters. The number of piperidine rings is 2. The Bertz CT molecular complexity index is 1460. The standard InChI is InChI=1S/C33H43N5O5/c39-30-29(34-8-9-36-17-25(31(40)41)26(18-36)32(42)43)35-27-6-1-2-7-28(27)37(30)24-13-22-4-3-5-23(14-24)38(22)33-15-19-10-20(16-33)12-21(33)11-19/h1-2,6-7,19-26H,3-5,8-18H2,(H,34,35)(H,40,41)(H,42,43)/t19?,20?,21?,22-,23+,24?,25-,26-,33?/m1/s1. The third-order valence-corrected chi connectivity index (χ3v) is 12.3. The fourth-order valence-electron chi connectivity index (χ4n) is 11.0. The minimum atomic E-state index is -1.08. The van der Waals surface area contributed by atoms with E-state index in [1.807, 2.05) is 33.7 Å². The lowest BCUT2D eigenvalue weighted by Crippen LogP contribution is -2.63. The van der Waals surface area contributed by atoms with Gasteiger partial charge in [0.15, 0.2) is 5.82 Å². The van der Waals surface area contributed by atoms with Crippen molar-refractivity contribution >= 4 is 28.8 Å². The van der Waals surface area contributed by atoms with Crippen LogP contribution in [0.15, 0.2) is 29.1 Å². The van der Waals surface area contributed by atoms with Crippen LogP contribution in [0.5, 0.6) is 0 Å². The largest absolute Gasteiger partial charge is 0.481 e. The number of aromatic nitrogens is 2. The van der Waals surface area contributed by atoms with E-state index in [0.29, 0.717) is 36.5 Å². The van der Waals surface area contributed by atoms with Gasteiger partial charge in [0, 0.05) is 49.8 Å². The zero-order chi connectivity index (χ0) is 29.5. The molecule has 2 aromatic rings. The maximum atomic E-state index is 14.1. The van der Waals surface area contributed by atoms with Crippen molar-refractivity contribution in [1.82, 2.24) is 19.4 Å². The van der Waals surface area contributed by atoms with Crippen molar-refractivity contribution in [1.29, 1.82) is 0 Å². The number of fused-ring (bicyclic) bond motifs is 3. The molecule has 7 atom stereocenters. The SMILES string of the molecule is O=C(O)[C@@H]1CN(CCNc2nc3ccccc3n(C3C[C@H]4CCC[C@@H](C3)N4C34CC5CC(CC3C5)C4)c2=O)C[C@H]1C(=O)O. The van der Waals surface area contributed by atoms with Crippen molar-refractivity contribution in [2.75, 3.05) is 31.5 Å². The number of aliphatic carboxylic acids is 2. The van der Waals surface area contributed by atoms with Gasteiger partial charge in [0.25, 0.3) is 5.56 Å². The van der Waals surface area contributed by atoms with Gasteiger partial charge in [-0.3, -0.25) is 24.2 Å². The smallest absolute Gasteiger partial charge is 0.308 e. The minimum absolute atomic E-state index is 0.0949. The van der Waals surface area contributed by atoms with Crippen molar-refractivity contribution in [2.45, 2.75) is 87.9 Å². The van der Waals surface area contributed by atoms with E-state index in [-0.39, 0.29) is 24.7 Å². The first kappa shape index (κ1) is 27.6. The van der Waals surface area contributed by atoms with Crippen molar-refractivity contribution in [3.63, 3.8) is 0 Å². The van der Waals surface area contributed by atoms with Crippen LogP contribution in [0.2, 0.25) is 0 Å².